The monoisotopic (exact) mass is 574 g/mol. The fourth-order valence-electron chi connectivity index (χ4n) is 5.30. The van der Waals surface area contributed by atoms with Gasteiger partial charge < -0.3 is 9.47 Å². The first-order chi connectivity index (χ1) is 19.5. The number of nitrogens with zero attached hydrogens (tertiary/aromatic N) is 7. The van der Waals surface area contributed by atoms with Crippen molar-refractivity contribution in [3.8, 4) is 0 Å². The lowest BCUT2D eigenvalue weighted by molar-refractivity contribution is 0.211. The third-order valence-electron chi connectivity index (χ3n) is 7.23. The van der Waals surface area contributed by atoms with Crippen molar-refractivity contribution in [3.05, 3.63) is 97.6 Å². The van der Waals surface area contributed by atoms with Crippen LogP contribution in [0.4, 0.5) is 5.95 Å². The minimum atomic E-state index is -0.467. The Labute approximate surface area is 239 Å². The van der Waals surface area contributed by atoms with E-state index in [9.17, 15) is 9.59 Å². The number of thioether (sulfide) groups is 1. The second-order valence-corrected chi connectivity index (χ2v) is 12.3. The van der Waals surface area contributed by atoms with E-state index in [-0.39, 0.29) is 6.04 Å². The summed E-state index contributed by atoms with van der Waals surface area (Å²) in [6.07, 6.45) is 0. The first-order valence-corrected chi connectivity index (χ1v) is 15.0. The molecular weight excluding hydrogens is 544 g/mol. The Morgan fingerprint density at radius 2 is 1.60 bits per heavy atom. The number of aryl methyl sites for hydroxylation is 3. The number of fused-ring (bicyclic) bond motifs is 1. The number of benzene rings is 2. The number of H-pyrrole nitrogens is 1. The number of nitrogens with one attached hydrogen (secondary N) is 1. The number of rotatable bonds is 8. The van der Waals surface area contributed by atoms with E-state index in [0.717, 1.165) is 35.5 Å². The fourth-order valence-corrected chi connectivity index (χ4v) is 7.11. The van der Waals surface area contributed by atoms with Crippen molar-refractivity contribution in [3.63, 3.8) is 0 Å². The first kappa shape index (κ1) is 26.5. The number of anilines is 1. The van der Waals surface area contributed by atoms with Gasteiger partial charge in [0.2, 0.25) is 5.95 Å². The van der Waals surface area contributed by atoms with Crippen molar-refractivity contribution in [2.24, 2.45) is 7.05 Å². The van der Waals surface area contributed by atoms with Crippen LogP contribution in [0.5, 0.6) is 0 Å². The molecule has 5 aromatic rings. The third-order valence-corrected chi connectivity index (χ3v) is 9.18. The lowest BCUT2D eigenvalue weighted by Gasteiger charge is -2.40. The molecule has 1 fully saturated rings. The average Bonchev–Trinajstić information content (AvgIpc) is 3.57. The lowest BCUT2D eigenvalue weighted by atomic mass is 9.96. The molecule has 0 bridgehead atoms. The van der Waals surface area contributed by atoms with Crippen LogP contribution in [0, 0.1) is 6.92 Å². The van der Waals surface area contributed by atoms with Crippen molar-refractivity contribution < 1.29 is 0 Å². The van der Waals surface area contributed by atoms with Crippen molar-refractivity contribution >= 4 is 40.2 Å². The molecule has 1 aliphatic rings. The quantitative estimate of drug-likeness (QED) is 0.282. The zero-order valence-corrected chi connectivity index (χ0v) is 24.0. The Bertz CT molecular complexity index is 1680. The molecule has 0 amide bonds. The Balaban J connectivity index is 1.29. The molecule has 0 aliphatic carbocycles. The summed E-state index contributed by atoms with van der Waals surface area (Å²) in [5, 5.41) is 9.22. The molecule has 4 heterocycles. The molecule has 1 saturated heterocycles. The molecule has 0 spiro atoms. The van der Waals surface area contributed by atoms with Crippen molar-refractivity contribution in [1.82, 2.24) is 34.2 Å². The summed E-state index contributed by atoms with van der Waals surface area (Å²) in [6.45, 7) is 5.62. The Morgan fingerprint density at radius 1 is 0.950 bits per heavy atom. The highest BCUT2D eigenvalue weighted by molar-refractivity contribution is 8.01. The number of aromatic amines is 1. The highest BCUT2D eigenvalue weighted by Crippen LogP contribution is 2.31. The lowest BCUT2D eigenvalue weighted by Crippen LogP contribution is -2.48. The Hall–Kier alpha value is -3.74. The van der Waals surface area contributed by atoms with Gasteiger partial charge in [-0.1, -0.05) is 83.8 Å². The maximum atomic E-state index is 13.0. The second kappa shape index (κ2) is 11.4. The van der Waals surface area contributed by atoms with E-state index in [0.29, 0.717) is 29.4 Å². The molecule has 1 N–H and O–H groups in total. The van der Waals surface area contributed by atoms with Crippen LogP contribution >= 0.6 is 23.1 Å². The Morgan fingerprint density at radius 3 is 2.20 bits per heavy atom. The van der Waals surface area contributed by atoms with Crippen LogP contribution < -0.4 is 16.1 Å². The van der Waals surface area contributed by atoms with E-state index in [2.05, 4.69) is 73.5 Å². The molecule has 10 nitrogen and oxygen atoms in total. The van der Waals surface area contributed by atoms with Crippen LogP contribution in [0.1, 0.15) is 22.2 Å². The summed E-state index contributed by atoms with van der Waals surface area (Å²) in [5.41, 5.74) is 2.46. The molecule has 6 rings (SSSR count). The standard InChI is InChI=1S/C28H30N8O2S2/c1-19-31-32-28(40-19)39-18-17-36-23-24(33(2)27(38)30-25(23)37)29-26(36)35-15-13-34(14-16-35)22(20-9-5-3-6-10-20)21-11-7-4-8-12-21/h3-12,22H,13-18H2,1-2H3,(H,30,37,38). The first-order valence-electron chi connectivity index (χ1n) is 13.2. The van der Waals surface area contributed by atoms with Gasteiger partial charge in [-0.05, 0) is 18.1 Å². The van der Waals surface area contributed by atoms with Crippen molar-refractivity contribution in [2.45, 2.75) is 23.8 Å². The topological polar surface area (TPSA) is 105 Å². The van der Waals surface area contributed by atoms with Crippen LogP contribution in [0.25, 0.3) is 11.2 Å². The molecular formula is C28H30N8O2S2. The molecule has 2 aromatic carbocycles. The molecule has 0 atom stereocenters. The van der Waals surface area contributed by atoms with E-state index in [1.165, 1.54) is 15.7 Å². The zero-order chi connectivity index (χ0) is 27.6. The van der Waals surface area contributed by atoms with Gasteiger partial charge in [0.15, 0.2) is 15.5 Å². The van der Waals surface area contributed by atoms with Gasteiger partial charge in [-0.2, -0.15) is 4.98 Å². The van der Waals surface area contributed by atoms with E-state index >= 15 is 0 Å². The van der Waals surface area contributed by atoms with Crippen LogP contribution in [0.3, 0.4) is 0 Å². The molecule has 12 heteroatoms. The maximum Gasteiger partial charge on any atom is 0.329 e. The number of imidazole rings is 1. The van der Waals surface area contributed by atoms with Crippen molar-refractivity contribution in [2.75, 3.05) is 36.8 Å². The average molecular weight is 575 g/mol. The van der Waals surface area contributed by atoms with Gasteiger partial charge in [0, 0.05) is 45.5 Å². The summed E-state index contributed by atoms with van der Waals surface area (Å²) < 4.78 is 4.26. The third kappa shape index (κ3) is 5.21. The number of hydrogen-bond donors (Lipinski definition) is 1. The summed E-state index contributed by atoms with van der Waals surface area (Å²) in [4.78, 5) is 37.4. The maximum absolute atomic E-state index is 13.0. The van der Waals surface area contributed by atoms with Gasteiger partial charge in [-0.15, -0.1) is 10.2 Å². The van der Waals surface area contributed by atoms with Crippen LogP contribution in [-0.4, -0.2) is 66.1 Å². The number of piperazine rings is 1. The summed E-state index contributed by atoms with van der Waals surface area (Å²) in [5.74, 6) is 1.41. The minimum Gasteiger partial charge on any atom is -0.340 e. The van der Waals surface area contributed by atoms with Gasteiger partial charge >= 0.3 is 5.69 Å². The number of hydrogen-bond acceptors (Lipinski definition) is 9. The molecule has 40 heavy (non-hydrogen) atoms. The zero-order valence-electron chi connectivity index (χ0n) is 22.4. The van der Waals surface area contributed by atoms with E-state index in [1.807, 2.05) is 23.6 Å². The highest BCUT2D eigenvalue weighted by atomic mass is 32.2. The SMILES string of the molecule is Cc1nnc(SCCn2c(N3CCN(C(c4ccccc4)c4ccccc4)CC3)nc3c2c(=O)[nH]c(=O)n3C)s1. The largest absolute Gasteiger partial charge is 0.340 e. The number of aromatic nitrogens is 6. The normalized spacial score (nSPS) is 14.4. The van der Waals surface area contributed by atoms with E-state index < -0.39 is 11.2 Å². The van der Waals surface area contributed by atoms with Crippen LogP contribution in [0.2, 0.25) is 0 Å². The van der Waals surface area contributed by atoms with Gasteiger partial charge in [-0.25, -0.2) is 4.79 Å². The van der Waals surface area contributed by atoms with Gasteiger partial charge in [0.1, 0.15) is 5.01 Å². The van der Waals surface area contributed by atoms with E-state index in [4.69, 9.17) is 4.98 Å². The predicted molar refractivity (Wildman–Crippen MR) is 159 cm³/mol. The molecule has 1 aliphatic heterocycles. The van der Waals surface area contributed by atoms with Gasteiger partial charge in [0.25, 0.3) is 5.56 Å². The fraction of sp³-hybridized carbons (Fsp3) is 0.321. The summed E-state index contributed by atoms with van der Waals surface area (Å²) in [7, 11) is 1.64. The van der Waals surface area contributed by atoms with Crippen molar-refractivity contribution in [1.29, 1.82) is 0 Å². The van der Waals surface area contributed by atoms with E-state index in [1.54, 1.807) is 30.1 Å². The van der Waals surface area contributed by atoms with Crippen LogP contribution in [-0.2, 0) is 13.6 Å². The van der Waals surface area contributed by atoms with Gasteiger partial charge in [0.05, 0.1) is 6.04 Å². The minimum absolute atomic E-state index is 0.152. The smallest absolute Gasteiger partial charge is 0.329 e. The molecule has 3 aromatic heterocycles. The molecule has 0 saturated carbocycles. The van der Waals surface area contributed by atoms with Gasteiger partial charge in [-0.3, -0.25) is 19.2 Å². The molecule has 0 radical (unpaired) electrons. The van der Waals surface area contributed by atoms with Crippen LogP contribution in [0.15, 0.2) is 74.6 Å². The molecule has 0 unspecified atom stereocenters. The molecule has 206 valence electrons. The summed E-state index contributed by atoms with van der Waals surface area (Å²) in [6, 6.07) is 21.4. The Kier molecular flexibility index (Phi) is 7.55. The summed E-state index contributed by atoms with van der Waals surface area (Å²) >= 11 is 3.16. The second-order valence-electron chi connectivity index (χ2n) is 9.74. The predicted octanol–water partition coefficient (Wildman–Crippen LogP) is 3.29. The highest BCUT2D eigenvalue weighted by Gasteiger charge is 2.29.